The lowest BCUT2D eigenvalue weighted by Crippen LogP contribution is -2.39. The minimum absolute atomic E-state index is 0.0951. The van der Waals surface area contributed by atoms with Gasteiger partial charge in [0.05, 0.1) is 21.7 Å². The van der Waals surface area contributed by atoms with Crippen LogP contribution in [0, 0.1) is 12.8 Å². The van der Waals surface area contributed by atoms with Crippen molar-refractivity contribution >= 4 is 45.5 Å². The number of nitrogens with zero attached hydrogens (tertiary/aromatic N) is 3. The van der Waals surface area contributed by atoms with Gasteiger partial charge in [0, 0.05) is 25.4 Å². The van der Waals surface area contributed by atoms with Gasteiger partial charge >= 0.3 is 12.2 Å². The van der Waals surface area contributed by atoms with E-state index in [9.17, 15) is 26.4 Å². The van der Waals surface area contributed by atoms with Crippen LogP contribution in [0.5, 0.6) is 0 Å². The fraction of sp³-hybridized carbons (Fsp3) is 0.389. The van der Waals surface area contributed by atoms with Gasteiger partial charge in [-0.1, -0.05) is 11.6 Å². The van der Waals surface area contributed by atoms with Gasteiger partial charge in [0.1, 0.15) is 10.1 Å². The summed E-state index contributed by atoms with van der Waals surface area (Å²) in [7, 11) is -2.50. The third-order valence-electron chi connectivity index (χ3n) is 4.44. The zero-order chi connectivity index (χ0) is 23.7. The van der Waals surface area contributed by atoms with Crippen molar-refractivity contribution in [3.63, 3.8) is 0 Å². The number of hydrogen-bond donors (Lipinski definition) is 2. The van der Waals surface area contributed by atoms with Crippen molar-refractivity contribution in [1.82, 2.24) is 24.8 Å². The third kappa shape index (κ3) is 6.39. The van der Waals surface area contributed by atoms with Crippen molar-refractivity contribution < 1.29 is 26.4 Å². The molecule has 1 aliphatic carbocycles. The number of rotatable bonds is 7. The highest BCUT2D eigenvalue weighted by Crippen LogP contribution is 2.38. The zero-order valence-electron chi connectivity index (χ0n) is 16.9. The monoisotopic (exact) mass is 509 g/mol. The third-order valence-corrected chi connectivity index (χ3v) is 7.00. The number of halogens is 4. The van der Waals surface area contributed by atoms with Crippen LogP contribution in [0.4, 0.5) is 18.0 Å². The topological polar surface area (TPSA) is 106 Å². The summed E-state index contributed by atoms with van der Waals surface area (Å²) in [5.41, 5.74) is -0.132. The quantitative estimate of drug-likeness (QED) is 0.585. The van der Waals surface area contributed by atoms with Gasteiger partial charge in [-0.3, -0.25) is 4.68 Å². The van der Waals surface area contributed by atoms with Crippen LogP contribution in [0.1, 0.15) is 29.7 Å². The molecule has 3 rings (SSSR count). The summed E-state index contributed by atoms with van der Waals surface area (Å²) in [5, 5.41) is 7.81. The molecule has 2 heterocycles. The van der Waals surface area contributed by atoms with Crippen molar-refractivity contribution in [3.8, 4) is 0 Å². The number of alkyl halides is 3. The van der Waals surface area contributed by atoms with Crippen LogP contribution < -0.4 is 10.0 Å². The molecule has 0 saturated heterocycles. The van der Waals surface area contributed by atoms with Crippen molar-refractivity contribution in [2.24, 2.45) is 13.0 Å². The Hall–Kier alpha value is -2.25. The summed E-state index contributed by atoms with van der Waals surface area (Å²) in [4.78, 5) is 15.5. The van der Waals surface area contributed by atoms with Gasteiger partial charge in [-0.15, -0.1) is 0 Å². The van der Waals surface area contributed by atoms with Crippen LogP contribution in [0.2, 0.25) is 5.02 Å². The average Bonchev–Trinajstić information content (AvgIpc) is 3.45. The first-order valence-electron chi connectivity index (χ1n) is 9.28. The summed E-state index contributed by atoms with van der Waals surface area (Å²) in [6.07, 6.45) is -0.652. The molecule has 8 nitrogen and oxygen atoms in total. The van der Waals surface area contributed by atoms with Gasteiger partial charge in [0.15, 0.2) is 0 Å². The lowest BCUT2D eigenvalue weighted by atomic mass is 10.3. The molecule has 0 aromatic carbocycles. The second-order valence-corrected chi connectivity index (χ2v) is 10.1. The number of urea groups is 1. The number of pyridine rings is 1. The van der Waals surface area contributed by atoms with Crippen molar-refractivity contribution in [2.75, 3.05) is 6.54 Å². The molecular weight excluding hydrogens is 491 g/mol. The molecule has 2 aromatic heterocycles. The number of sulfonamides is 1. The van der Waals surface area contributed by atoms with E-state index in [2.05, 4.69) is 15.4 Å². The number of hydrogen-bond acceptors (Lipinski definition) is 6. The molecule has 0 radical (unpaired) electrons. The Labute approximate surface area is 191 Å². The average molecular weight is 510 g/mol. The van der Waals surface area contributed by atoms with Gasteiger partial charge < -0.3 is 5.32 Å². The van der Waals surface area contributed by atoms with Crippen molar-refractivity contribution in [2.45, 2.75) is 36.0 Å². The Morgan fingerprint density at radius 1 is 1.41 bits per heavy atom. The summed E-state index contributed by atoms with van der Waals surface area (Å²) >= 11 is 6.91. The van der Waals surface area contributed by atoms with Gasteiger partial charge in [-0.2, -0.15) is 18.3 Å². The molecule has 0 spiro atoms. The van der Waals surface area contributed by atoms with Gasteiger partial charge in [0.25, 0.3) is 10.0 Å². The Morgan fingerprint density at radius 3 is 2.69 bits per heavy atom. The molecule has 2 aromatic rings. The molecule has 0 atom stereocenters. The molecular formula is C18H19ClF3N5O3S2. The van der Waals surface area contributed by atoms with E-state index in [4.69, 9.17) is 11.6 Å². The number of carbonyl (C=O) groups is 1. The Balaban J connectivity index is 1.78. The van der Waals surface area contributed by atoms with Crippen LogP contribution in [0.25, 0.3) is 6.08 Å². The van der Waals surface area contributed by atoms with E-state index in [1.807, 2.05) is 4.72 Å². The van der Waals surface area contributed by atoms with Gasteiger partial charge in [-0.25, -0.2) is 22.9 Å². The maximum absolute atomic E-state index is 12.8. The van der Waals surface area contributed by atoms with Crippen LogP contribution in [-0.2, 0) is 23.2 Å². The first-order valence-corrected chi connectivity index (χ1v) is 12.0. The molecule has 174 valence electrons. The number of aryl methyl sites for hydroxylation is 2. The highest BCUT2D eigenvalue weighted by Gasteiger charge is 2.32. The smallest absolute Gasteiger partial charge is 0.337 e. The second kappa shape index (κ2) is 9.32. The molecule has 2 amide bonds. The van der Waals surface area contributed by atoms with Crippen molar-refractivity contribution in [3.05, 3.63) is 39.5 Å². The minimum Gasteiger partial charge on any atom is -0.337 e. The van der Waals surface area contributed by atoms with E-state index < -0.39 is 27.8 Å². The fourth-order valence-corrected chi connectivity index (χ4v) is 4.57. The van der Waals surface area contributed by atoms with Gasteiger partial charge in [-0.05, 0) is 49.6 Å². The first kappa shape index (κ1) is 24.4. The van der Waals surface area contributed by atoms with E-state index in [1.165, 1.54) is 10.8 Å². The molecule has 1 saturated carbocycles. The van der Waals surface area contributed by atoms with Gasteiger partial charge in [0.2, 0.25) is 0 Å². The summed E-state index contributed by atoms with van der Waals surface area (Å²) < 4.78 is 66.2. The fourth-order valence-electron chi connectivity index (χ4n) is 2.63. The Morgan fingerprint density at radius 2 is 2.09 bits per heavy atom. The molecule has 32 heavy (non-hydrogen) atoms. The standard InChI is InChI=1S/C18H19ClF3N5O3S2/c1-10-13(5-6-32(29,30)26-17(28)24-8-11-3-4-11)16(27(2)25-10)31-15-14(19)7-12(9-23-15)18(20,21)22/h5-7,9,11H,3-4,8H2,1-2H3,(H2,24,26,28)/b6-5+. The Kier molecular flexibility index (Phi) is 7.10. The van der Waals surface area contributed by atoms with Crippen molar-refractivity contribution in [1.29, 1.82) is 0 Å². The van der Waals surface area contributed by atoms with Crippen LogP contribution in [-0.4, -0.2) is 35.8 Å². The molecule has 14 heteroatoms. The number of carbonyl (C=O) groups excluding carboxylic acids is 1. The van der Waals surface area contributed by atoms with E-state index >= 15 is 0 Å². The number of amides is 2. The summed E-state index contributed by atoms with van der Waals surface area (Å²) in [5.74, 6) is 0.391. The maximum Gasteiger partial charge on any atom is 0.417 e. The van der Waals surface area contributed by atoms with E-state index in [0.717, 1.165) is 36.1 Å². The highest BCUT2D eigenvalue weighted by molar-refractivity contribution is 7.99. The van der Waals surface area contributed by atoms with E-state index in [1.54, 1.807) is 14.0 Å². The zero-order valence-corrected chi connectivity index (χ0v) is 19.3. The Bertz CT molecular complexity index is 1160. The molecule has 0 unspecified atom stereocenters. The number of nitrogens with one attached hydrogen (secondary N) is 2. The van der Waals surface area contributed by atoms with Crippen LogP contribution in [0.3, 0.4) is 0 Å². The lowest BCUT2D eigenvalue weighted by Gasteiger charge is -2.09. The van der Waals surface area contributed by atoms with Crippen LogP contribution >= 0.6 is 23.4 Å². The minimum atomic E-state index is -4.58. The normalized spacial score (nSPS) is 14.7. The SMILES string of the molecule is Cc1nn(C)c(Sc2ncc(C(F)(F)F)cc2Cl)c1/C=C/S(=O)(=O)NC(=O)NCC1CC1. The van der Waals surface area contributed by atoms with Crippen LogP contribution in [0.15, 0.2) is 27.7 Å². The first-order chi connectivity index (χ1) is 14.9. The number of aromatic nitrogens is 3. The maximum atomic E-state index is 12.8. The molecule has 2 N–H and O–H groups in total. The largest absolute Gasteiger partial charge is 0.417 e. The molecule has 1 fully saturated rings. The van der Waals surface area contributed by atoms with E-state index in [0.29, 0.717) is 34.9 Å². The predicted molar refractivity (Wildman–Crippen MR) is 114 cm³/mol. The molecule has 0 aliphatic heterocycles. The molecule has 0 bridgehead atoms. The summed E-state index contributed by atoms with van der Waals surface area (Å²) in [6.45, 7) is 2.04. The molecule has 1 aliphatic rings. The van der Waals surface area contributed by atoms with E-state index in [-0.39, 0.29) is 10.0 Å². The lowest BCUT2D eigenvalue weighted by molar-refractivity contribution is -0.137. The second-order valence-electron chi connectivity index (χ2n) is 7.14. The highest BCUT2D eigenvalue weighted by atomic mass is 35.5. The summed E-state index contributed by atoms with van der Waals surface area (Å²) in [6, 6.07) is -0.0515. The predicted octanol–water partition coefficient (Wildman–Crippen LogP) is 3.96.